The normalized spacial score (nSPS) is 19.9. The van der Waals surface area contributed by atoms with Crippen LogP contribution in [-0.2, 0) is 28.9 Å². The summed E-state index contributed by atoms with van der Waals surface area (Å²) in [6, 6.07) is 14.3. The minimum Gasteiger partial charge on any atom is -0.444 e. The predicted octanol–water partition coefficient (Wildman–Crippen LogP) is 2.96. The van der Waals surface area contributed by atoms with E-state index < -0.39 is 17.7 Å². The number of carbonyl (C=O) groups excluding carboxylic acids is 3. The topological polar surface area (TPSA) is 108 Å². The zero-order valence-electron chi connectivity index (χ0n) is 21.1. The Morgan fingerprint density at radius 2 is 1.81 bits per heavy atom. The van der Waals surface area contributed by atoms with E-state index in [4.69, 9.17) is 4.74 Å². The van der Waals surface area contributed by atoms with Gasteiger partial charge in [0, 0.05) is 31.1 Å². The van der Waals surface area contributed by atoms with Crippen LogP contribution in [0.4, 0.5) is 4.79 Å². The summed E-state index contributed by atoms with van der Waals surface area (Å²) in [6.45, 7) is 6.11. The van der Waals surface area contributed by atoms with E-state index >= 15 is 0 Å². The number of fused-ring (bicyclic) bond motifs is 1. The van der Waals surface area contributed by atoms with Gasteiger partial charge in [-0.05, 0) is 62.8 Å². The molecule has 1 fully saturated rings. The largest absolute Gasteiger partial charge is 0.444 e. The molecule has 2 aromatic carbocycles. The highest BCUT2D eigenvalue weighted by Crippen LogP contribution is 2.25. The quantitative estimate of drug-likeness (QED) is 0.574. The molecule has 36 heavy (non-hydrogen) atoms. The van der Waals surface area contributed by atoms with Gasteiger partial charge in [-0.25, -0.2) is 4.79 Å². The third kappa shape index (κ3) is 6.43. The number of nitrogens with zero attached hydrogens (tertiary/aromatic N) is 1. The Labute approximate surface area is 212 Å². The molecule has 1 atom stereocenters. The number of rotatable bonds is 6. The molecule has 1 aliphatic heterocycles. The minimum absolute atomic E-state index is 0.0297. The van der Waals surface area contributed by atoms with Gasteiger partial charge in [-0.15, -0.1) is 0 Å². The van der Waals surface area contributed by atoms with Crippen molar-refractivity contribution in [3.05, 3.63) is 70.8 Å². The number of amides is 3. The second-order valence-corrected chi connectivity index (χ2v) is 10.6. The van der Waals surface area contributed by atoms with E-state index in [2.05, 4.69) is 10.6 Å². The molecule has 1 saturated carbocycles. The smallest absolute Gasteiger partial charge is 0.408 e. The average Bonchev–Trinajstić information content (AvgIpc) is 2.81. The van der Waals surface area contributed by atoms with Gasteiger partial charge in [0.15, 0.2) is 0 Å². The molecule has 2 aromatic rings. The van der Waals surface area contributed by atoms with Crippen molar-refractivity contribution in [3.8, 4) is 0 Å². The van der Waals surface area contributed by atoms with Crippen LogP contribution in [0.25, 0.3) is 0 Å². The summed E-state index contributed by atoms with van der Waals surface area (Å²) in [6.07, 6.45) is 1.07. The number of nitrogens with one attached hydrogen (secondary N) is 2. The number of benzene rings is 2. The summed E-state index contributed by atoms with van der Waals surface area (Å²) in [5.74, 6) is -0.404. The van der Waals surface area contributed by atoms with Crippen molar-refractivity contribution in [2.75, 3.05) is 6.54 Å². The van der Waals surface area contributed by atoms with Crippen molar-refractivity contribution >= 4 is 17.9 Å². The van der Waals surface area contributed by atoms with E-state index in [-0.39, 0.29) is 30.5 Å². The molecule has 0 spiro atoms. The summed E-state index contributed by atoms with van der Waals surface area (Å²) >= 11 is 0. The molecule has 0 bridgehead atoms. The van der Waals surface area contributed by atoms with E-state index in [1.54, 1.807) is 31.7 Å². The molecule has 4 rings (SSSR count). The zero-order chi connectivity index (χ0) is 25.9. The summed E-state index contributed by atoms with van der Waals surface area (Å²) in [7, 11) is 0. The van der Waals surface area contributed by atoms with Crippen LogP contribution >= 0.6 is 0 Å². The molecule has 1 aliphatic carbocycles. The van der Waals surface area contributed by atoms with Gasteiger partial charge in [0.05, 0.1) is 6.10 Å². The van der Waals surface area contributed by atoms with Crippen LogP contribution in [0.3, 0.4) is 0 Å². The Morgan fingerprint density at radius 1 is 1.08 bits per heavy atom. The molecule has 192 valence electrons. The summed E-state index contributed by atoms with van der Waals surface area (Å²) < 4.78 is 5.42. The molecule has 0 aromatic heterocycles. The van der Waals surface area contributed by atoms with Crippen LogP contribution in [0, 0.1) is 0 Å². The lowest BCUT2D eigenvalue weighted by molar-refractivity contribution is -0.134. The first-order valence-electron chi connectivity index (χ1n) is 12.5. The van der Waals surface area contributed by atoms with Gasteiger partial charge in [0.25, 0.3) is 5.91 Å². The van der Waals surface area contributed by atoms with E-state index in [1.807, 2.05) is 42.5 Å². The first-order chi connectivity index (χ1) is 17.1. The van der Waals surface area contributed by atoms with E-state index in [0.717, 1.165) is 16.7 Å². The second kappa shape index (κ2) is 10.7. The predicted molar refractivity (Wildman–Crippen MR) is 135 cm³/mol. The van der Waals surface area contributed by atoms with Gasteiger partial charge in [-0.3, -0.25) is 9.59 Å². The van der Waals surface area contributed by atoms with Crippen molar-refractivity contribution in [3.63, 3.8) is 0 Å². The zero-order valence-corrected chi connectivity index (χ0v) is 21.1. The fourth-order valence-corrected chi connectivity index (χ4v) is 4.67. The molecular formula is C28H35N3O5. The first-order valence-corrected chi connectivity index (χ1v) is 12.5. The minimum atomic E-state index is -0.804. The lowest BCUT2D eigenvalue weighted by Crippen LogP contribution is -2.52. The van der Waals surface area contributed by atoms with Crippen LogP contribution in [-0.4, -0.2) is 58.2 Å². The van der Waals surface area contributed by atoms with Crippen molar-refractivity contribution in [2.45, 2.75) is 76.8 Å². The Balaban J connectivity index is 1.51. The molecule has 0 radical (unpaired) electrons. The maximum atomic E-state index is 13.7. The number of aliphatic hydroxyl groups is 1. The summed E-state index contributed by atoms with van der Waals surface area (Å²) in [4.78, 5) is 41.0. The molecule has 2 aliphatic rings. The highest BCUT2D eigenvalue weighted by atomic mass is 16.6. The number of alkyl carbamates (subject to hydrolysis) is 1. The van der Waals surface area contributed by atoms with Crippen molar-refractivity contribution in [1.29, 1.82) is 0 Å². The first kappa shape index (κ1) is 25.7. The molecular weight excluding hydrogens is 458 g/mol. The maximum Gasteiger partial charge on any atom is 0.408 e. The van der Waals surface area contributed by atoms with Crippen LogP contribution in [0.5, 0.6) is 0 Å². The Bertz CT molecular complexity index is 1110. The lowest BCUT2D eigenvalue weighted by Gasteiger charge is -2.34. The lowest BCUT2D eigenvalue weighted by atomic mass is 9.88. The fraction of sp³-hybridized carbons (Fsp3) is 0.464. The Hall–Kier alpha value is -3.39. The molecule has 0 saturated heterocycles. The van der Waals surface area contributed by atoms with Crippen LogP contribution < -0.4 is 10.6 Å². The van der Waals surface area contributed by atoms with Gasteiger partial charge < -0.3 is 25.4 Å². The number of ether oxygens (including phenoxy) is 1. The molecule has 1 heterocycles. The molecule has 8 heteroatoms. The van der Waals surface area contributed by atoms with Crippen molar-refractivity contribution in [2.24, 2.45) is 0 Å². The summed E-state index contributed by atoms with van der Waals surface area (Å²) in [5, 5.41) is 15.3. The molecule has 1 unspecified atom stereocenters. The van der Waals surface area contributed by atoms with Crippen LogP contribution in [0.2, 0.25) is 0 Å². The van der Waals surface area contributed by atoms with Crippen LogP contribution in [0.1, 0.15) is 60.7 Å². The number of hydrogen-bond acceptors (Lipinski definition) is 5. The molecule has 3 amide bonds. The van der Waals surface area contributed by atoms with Gasteiger partial charge in [-0.2, -0.15) is 0 Å². The van der Waals surface area contributed by atoms with Gasteiger partial charge in [0.2, 0.25) is 5.91 Å². The highest BCUT2D eigenvalue weighted by molar-refractivity contribution is 5.96. The Morgan fingerprint density at radius 3 is 2.47 bits per heavy atom. The van der Waals surface area contributed by atoms with E-state index in [1.165, 1.54) is 0 Å². The number of carbonyl (C=O) groups is 3. The molecule has 3 N–H and O–H groups in total. The maximum absolute atomic E-state index is 13.7. The van der Waals surface area contributed by atoms with Crippen LogP contribution in [0.15, 0.2) is 48.5 Å². The van der Waals surface area contributed by atoms with E-state index in [9.17, 15) is 19.5 Å². The third-order valence-electron chi connectivity index (χ3n) is 6.55. The van der Waals surface area contributed by atoms with Crippen molar-refractivity contribution in [1.82, 2.24) is 15.5 Å². The third-order valence-corrected chi connectivity index (χ3v) is 6.55. The average molecular weight is 494 g/mol. The molecule has 8 nitrogen and oxygen atoms in total. The van der Waals surface area contributed by atoms with Gasteiger partial charge in [-0.1, -0.05) is 42.5 Å². The van der Waals surface area contributed by atoms with E-state index in [0.29, 0.717) is 37.8 Å². The standard InChI is InChI=1S/C28H35N3O5/c1-28(2,3)36-27(35)30-24(14-18-8-5-4-6-9-18)26(34)31-13-12-19-10-7-11-22(23(19)17-31)25(33)29-20-15-21(32)16-20/h4-11,20-21,24,32H,12-17H2,1-3H3,(H,29,33)(H,30,35). The number of hydrogen-bond donors (Lipinski definition) is 3. The monoisotopic (exact) mass is 493 g/mol. The van der Waals surface area contributed by atoms with Crippen molar-refractivity contribution < 1.29 is 24.2 Å². The SMILES string of the molecule is CC(C)(C)OC(=O)NC(Cc1ccccc1)C(=O)N1CCc2cccc(C(=O)NC3CC(O)C3)c2C1. The van der Waals surface area contributed by atoms with Gasteiger partial charge in [0.1, 0.15) is 11.6 Å². The summed E-state index contributed by atoms with van der Waals surface area (Å²) in [5.41, 5.74) is 2.65. The fourth-order valence-electron chi connectivity index (χ4n) is 4.67. The highest BCUT2D eigenvalue weighted by Gasteiger charge is 2.33. The number of aliphatic hydroxyl groups excluding tert-OH is 1. The van der Waals surface area contributed by atoms with Gasteiger partial charge >= 0.3 is 6.09 Å². The second-order valence-electron chi connectivity index (χ2n) is 10.6. The Kier molecular flexibility index (Phi) is 7.64.